The van der Waals surface area contributed by atoms with Crippen molar-refractivity contribution in [3.63, 3.8) is 0 Å². The van der Waals surface area contributed by atoms with E-state index in [1.54, 1.807) is 0 Å². The topological polar surface area (TPSA) is 78.4 Å². The van der Waals surface area contributed by atoms with E-state index in [2.05, 4.69) is 10.6 Å². The molecule has 1 fully saturated rings. The molecule has 0 spiro atoms. The molecular formula is C14H26N2O3. The molecule has 5 nitrogen and oxygen atoms in total. The summed E-state index contributed by atoms with van der Waals surface area (Å²) < 4.78 is 0. The van der Waals surface area contributed by atoms with Crippen LogP contribution in [0.25, 0.3) is 0 Å². The zero-order chi connectivity index (χ0) is 14.4. The maximum atomic E-state index is 11.7. The molecule has 0 saturated heterocycles. The first-order valence-corrected chi connectivity index (χ1v) is 7.17. The highest BCUT2D eigenvalue weighted by Gasteiger charge is 2.25. The number of hydrogen-bond donors (Lipinski definition) is 3. The fraction of sp³-hybridized carbons (Fsp3) is 0.857. The third-order valence-corrected chi connectivity index (χ3v) is 3.83. The second-order valence-corrected chi connectivity index (χ2v) is 6.00. The van der Waals surface area contributed by atoms with Crippen molar-refractivity contribution in [1.29, 1.82) is 0 Å². The maximum Gasteiger partial charge on any atom is 0.315 e. The summed E-state index contributed by atoms with van der Waals surface area (Å²) in [4.78, 5) is 22.8. The molecule has 0 radical (unpaired) electrons. The monoisotopic (exact) mass is 270 g/mol. The maximum absolute atomic E-state index is 11.7. The van der Waals surface area contributed by atoms with Crippen LogP contribution in [-0.4, -0.2) is 29.7 Å². The SMILES string of the molecule is CC(C)CC(CNC(=O)NC(C)C1CCC1)C(=O)O. The van der Waals surface area contributed by atoms with Gasteiger partial charge in [-0.2, -0.15) is 0 Å². The third kappa shape index (κ3) is 5.49. The van der Waals surface area contributed by atoms with E-state index in [0.717, 1.165) is 0 Å². The zero-order valence-electron chi connectivity index (χ0n) is 12.1. The van der Waals surface area contributed by atoms with Gasteiger partial charge in [0, 0.05) is 12.6 Å². The Labute approximate surface area is 115 Å². The third-order valence-electron chi connectivity index (χ3n) is 3.83. The summed E-state index contributed by atoms with van der Waals surface area (Å²) in [7, 11) is 0. The summed E-state index contributed by atoms with van der Waals surface area (Å²) in [5.74, 6) is -0.470. The van der Waals surface area contributed by atoms with Crippen LogP contribution in [0, 0.1) is 17.8 Å². The van der Waals surface area contributed by atoms with Crippen LogP contribution in [0.2, 0.25) is 0 Å². The van der Waals surface area contributed by atoms with Crippen molar-refractivity contribution in [2.45, 2.75) is 52.5 Å². The second kappa shape index (κ2) is 7.36. The van der Waals surface area contributed by atoms with Gasteiger partial charge < -0.3 is 15.7 Å². The Morgan fingerprint density at radius 3 is 2.32 bits per heavy atom. The van der Waals surface area contributed by atoms with Crippen molar-refractivity contribution in [3.05, 3.63) is 0 Å². The predicted octanol–water partition coefficient (Wildman–Crippen LogP) is 2.22. The van der Waals surface area contributed by atoms with Crippen molar-refractivity contribution in [2.24, 2.45) is 17.8 Å². The lowest BCUT2D eigenvalue weighted by Crippen LogP contribution is -2.47. The summed E-state index contributed by atoms with van der Waals surface area (Å²) in [5.41, 5.74) is 0. The Kier molecular flexibility index (Phi) is 6.12. The molecule has 2 unspecified atom stereocenters. The van der Waals surface area contributed by atoms with Crippen LogP contribution in [0.4, 0.5) is 4.79 Å². The van der Waals surface area contributed by atoms with Gasteiger partial charge in [0.2, 0.25) is 0 Å². The van der Waals surface area contributed by atoms with Crippen LogP contribution < -0.4 is 10.6 Å². The summed E-state index contributed by atoms with van der Waals surface area (Å²) in [6, 6.07) is -0.0865. The summed E-state index contributed by atoms with van der Waals surface area (Å²) in [6.45, 7) is 6.16. The van der Waals surface area contributed by atoms with Gasteiger partial charge >= 0.3 is 12.0 Å². The molecule has 0 aliphatic heterocycles. The first-order valence-electron chi connectivity index (χ1n) is 7.17. The van der Waals surface area contributed by atoms with Gasteiger partial charge in [-0.25, -0.2) is 4.79 Å². The fourth-order valence-electron chi connectivity index (χ4n) is 2.37. The Morgan fingerprint density at radius 2 is 1.89 bits per heavy atom. The van der Waals surface area contributed by atoms with Gasteiger partial charge in [-0.05, 0) is 38.0 Å². The predicted molar refractivity (Wildman–Crippen MR) is 73.9 cm³/mol. The number of aliphatic carboxylic acids is 1. The number of carbonyl (C=O) groups is 2. The van der Waals surface area contributed by atoms with Crippen molar-refractivity contribution >= 4 is 12.0 Å². The zero-order valence-corrected chi connectivity index (χ0v) is 12.1. The van der Waals surface area contributed by atoms with Crippen molar-refractivity contribution in [2.75, 3.05) is 6.54 Å². The van der Waals surface area contributed by atoms with E-state index in [1.807, 2.05) is 20.8 Å². The van der Waals surface area contributed by atoms with E-state index in [9.17, 15) is 9.59 Å². The van der Waals surface area contributed by atoms with Crippen LogP contribution in [0.1, 0.15) is 46.5 Å². The molecule has 0 heterocycles. The lowest BCUT2D eigenvalue weighted by atomic mass is 9.80. The van der Waals surface area contributed by atoms with E-state index < -0.39 is 11.9 Å². The Bertz CT molecular complexity index is 314. The molecule has 110 valence electrons. The average molecular weight is 270 g/mol. The molecule has 0 aromatic carbocycles. The molecular weight excluding hydrogens is 244 g/mol. The first-order chi connectivity index (χ1) is 8.90. The molecule has 1 aliphatic carbocycles. The van der Waals surface area contributed by atoms with E-state index in [0.29, 0.717) is 18.3 Å². The quantitative estimate of drug-likeness (QED) is 0.663. The van der Waals surface area contributed by atoms with Gasteiger partial charge in [0.1, 0.15) is 0 Å². The number of carboxylic acid groups (broad SMARTS) is 1. The number of carbonyl (C=O) groups excluding carboxylic acids is 1. The van der Waals surface area contributed by atoms with Crippen LogP contribution in [0.3, 0.4) is 0 Å². The minimum Gasteiger partial charge on any atom is -0.481 e. The van der Waals surface area contributed by atoms with Crippen molar-refractivity contribution in [1.82, 2.24) is 10.6 Å². The van der Waals surface area contributed by atoms with Gasteiger partial charge in [-0.1, -0.05) is 20.3 Å². The Balaban J connectivity index is 2.28. The number of amides is 2. The molecule has 2 amide bonds. The van der Waals surface area contributed by atoms with Crippen molar-refractivity contribution in [3.8, 4) is 0 Å². The highest BCUT2D eigenvalue weighted by atomic mass is 16.4. The summed E-state index contributed by atoms with van der Waals surface area (Å²) in [6.07, 6.45) is 4.17. The minimum atomic E-state index is -0.846. The lowest BCUT2D eigenvalue weighted by molar-refractivity contribution is -0.142. The lowest BCUT2D eigenvalue weighted by Gasteiger charge is -2.32. The van der Waals surface area contributed by atoms with Gasteiger partial charge in [0.25, 0.3) is 0 Å². The number of hydrogen-bond acceptors (Lipinski definition) is 2. The molecule has 1 rings (SSSR count). The Morgan fingerprint density at radius 1 is 1.26 bits per heavy atom. The van der Waals surface area contributed by atoms with Gasteiger partial charge in [-0.3, -0.25) is 4.79 Å². The summed E-state index contributed by atoms with van der Waals surface area (Å²) >= 11 is 0. The Hall–Kier alpha value is -1.26. The van der Waals surface area contributed by atoms with Crippen LogP contribution >= 0.6 is 0 Å². The molecule has 19 heavy (non-hydrogen) atoms. The van der Waals surface area contributed by atoms with Crippen molar-refractivity contribution < 1.29 is 14.7 Å². The summed E-state index contributed by atoms with van der Waals surface area (Å²) in [5, 5.41) is 14.6. The molecule has 5 heteroatoms. The average Bonchev–Trinajstić information content (AvgIpc) is 2.20. The fourth-order valence-corrected chi connectivity index (χ4v) is 2.37. The molecule has 2 atom stereocenters. The molecule has 1 aliphatic rings. The molecule has 3 N–H and O–H groups in total. The molecule has 1 saturated carbocycles. The number of nitrogens with one attached hydrogen (secondary N) is 2. The standard InChI is InChI=1S/C14H26N2O3/c1-9(2)7-12(13(17)18)8-15-14(19)16-10(3)11-5-4-6-11/h9-12H,4-8H2,1-3H3,(H,17,18)(H2,15,16,19). The van der Waals surface area contributed by atoms with Crippen LogP contribution in [0.15, 0.2) is 0 Å². The van der Waals surface area contributed by atoms with Gasteiger partial charge in [0.05, 0.1) is 5.92 Å². The number of rotatable bonds is 7. The van der Waals surface area contributed by atoms with Gasteiger partial charge in [-0.15, -0.1) is 0 Å². The smallest absolute Gasteiger partial charge is 0.315 e. The van der Waals surface area contributed by atoms with E-state index in [1.165, 1.54) is 19.3 Å². The molecule has 0 aromatic heterocycles. The first kappa shape index (κ1) is 15.8. The highest BCUT2D eigenvalue weighted by Crippen LogP contribution is 2.29. The van der Waals surface area contributed by atoms with Gasteiger partial charge in [0.15, 0.2) is 0 Å². The normalized spacial score (nSPS) is 18.5. The highest BCUT2D eigenvalue weighted by molar-refractivity contribution is 5.76. The van der Waals surface area contributed by atoms with E-state index in [-0.39, 0.29) is 18.6 Å². The number of carboxylic acids is 1. The van der Waals surface area contributed by atoms with Crippen LogP contribution in [0.5, 0.6) is 0 Å². The molecule has 0 bridgehead atoms. The largest absolute Gasteiger partial charge is 0.481 e. The minimum absolute atomic E-state index is 0.169. The van der Waals surface area contributed by atoms with Crippen LogP contribution in [-0.2, 0) is 4.79 Å². The molecule has 0 aromatic rings. The second-order valence-electron chi connectivity index (χ2n) is 6.00. The van der Waals surface area contributed by atoms with E-state index in [4.69, 9.17) is 5.11 Å². The van der Waals surface area contributed by atoms with E-state index >= 15 is 0 Å². The number of urea groups is 1.